The molecule has 1 aliphatic rings. The molecule has 150 valence electrons. The van der Waals surface area contributed by atoms with Gasteiger partial charge >= 0.3 is 5.97 Å². The molecule has 0 unspecified atom stereocenters. The van der Waals surface area contributed by atoms with Crippen LogP contribution in [0.3, 0.4) is 0 Å². The summed E-state index contributed by atoms with van der Waals surface area (Å²) in [6, 6.07) is 10.4. The number of ether oxygens (including phenoxy) is 1. The number of carbonyl (C=O) groups is 2. The van der Waals surface area contributed by atoms with Crippen LogP contribution in [0.1, 0.15) is 27.9 Å². The molecule has 1 aliphatic heterocycles. The molecule has 28 heavy (non-hydrogen) atoms. The van der Waals surface area contributed by atoms with E-state index < -0.39 is 5.97 Å². The van der Waals surface area contributed by atoms with Gasteiger partial charge in [-0.3, -0.25) is 14.6 Å². The first-order chi connectivity index (χ1) is 13.5. The van der Waals surface area contributed by atoms with Crippen LogP contribution in [-0.2, 0) is 16.1 Å². The zero-order chi connectivity index (χ0) is 19.9. The van der Waals surface area contributed by atoms with E-state index >= 15 is 0 Å². The highest BCUT2D eigenvalue weighted by atomic mass is 32.1. The Morgan fingerprint density at radius 3 is 2.50 bits per heavy atom. The minimum atomic E-state index is -0.396. The minimum Gasteiger partial charge on any atom is -0.462 e. The first-order valence-corrected chi connectivity index (χ1v) is 10.3. The van der Waals surface area contributed by atoms with E-state index in [1.807, 2.05) is 6.07 Å². The van der Waals surface area contributed by atoms with Crippen LogP contribution in [0.5, 0.6) is 0 Å². The van der Waals surface area contributed by atoms with Gasteiger partial charge in [0.2, 0.25) is 5.91 Å². The lowest BCUT2D eigenvalue weighted by atomic mass is 10.2. The molecule has 1 fully saturated rings. The number of nitrogens with one attached hydrogen (secondary N) is 1. The Morgan fingerprint density at radius 1 is 1.14 bits per heavy atom. The van der Waals surface area contributed by atoms with E-state index in [-0.39, 0.29) is 5.91 Å². The van der Waals surface area contributed by atoms with Gasteiger partial charge in [0.1, 0.15) is 4.88 Å². The van der Waals surface area contributed by atoms with E-state index in [0.29, 0.717) is 28.9 Å². The van der Waals surface area contributed by atoms with Crippen LogP contribution in [0.25, 0.3) is 0 Å². The highest BCUT2D eigenvalue weighted by Gasteiger charge is 2.21. The van der Waals surface area contributed by atoms with Crippen LogP contribution in [-0.4, -0.2) is 66.0 Å². The van der Waals surface area contributed by atoms with Gasteiger partial charge in [-0.1, -0.05) is 41.7 Å². The first-order valence-electron chi connectivity index (χ1n) is 9.48. The smallest absolute Gasteiger partial charge is 0.350 e. The molecule has 1 aromatic carbocycles. The third-order valence-corrected chi connectivity index (χ3v) is 5.64. The maximum Gasteiger partial charge on any atom is 0.350 e. The number of amides is 1. The zero-order valence-electron chi connectivity index (χ0n) is 16.3. The molecule has 8 heteroatoms. The van der Waals surface area contributed by atoms with Gasteiger partial charge in [-0.05, 0) is 19.4 Å². The van der Waals surface area contributed by atoms with E-state index in [0.717, 1.165) is 44.1 Å². The summed E-state index contributed by atoms with van der Waals surface area (Å²) < 4.78 is 5.01. The molecule has 0 aliphatic carbocycles. The number of piperazine rings is 1. The number of esters is 1. The normalized spacial score (nSPS) is 15.4. The predicted molar refractivity (Wildman–Crippen MR) is 110 cm³/mol. The van der Waals surface area contributed by atoms with Gasteiger partial charge in [0.25, 0.3) is 0 Å². The monoisotopic (exact) mass is 402 g/mol. The Labute approximate surface area is 169 Å². The number of aromatic nitrogens is 1. The molecule has 1 aromatic heterocycles. The van der Waals surface area contributed by atoms with E-state index in [9.17, 15) is 9.59 Å². The molecule has 0 spiro atoms. The van der Waals surface area contributed by atoms with Crippen LogP contribution in [0.4, 0.5) is 5.13 Å². The second-order valence-corrected chi connectivity index (χ2v) is 7.74. The van der Waals surface area contributed by atoms with Crippen molar-refractivity contribution >= 4 is 28.3 Å². The van der Waals surface area contributed by atoms with Crippen molar-refractivity contribution in [3.05, 3.63) is 46.5 Å². The summed E-state index contributed by atoms with van der Waals surface area (Å²) in [6.07, 6.45) is 0. The maximum absolute atomic E-state index is 12.4. The van der Waals surface area contributed by atoms with Crippen molar-refractivity contribution in [2.45, 2.75) is 20.4 Å². The number of benzene rings is 1. The zero-order valence-corrected chi connectivity index (χ0v) is 17.1. The first kappa shape index (κ1) is 20.4. The standard InChI is InChI=1S/C20H26N4O3S/c1-3-27-19(26)18-15(2)21-20(28-18)22-17(25)14-24-11-9-23(10-12-24)13-16-7-5-4-6-8-16/h4-8H,3,9-14H2,1-2H3,(H,21,22,25). The lowest BCUT2D eigenvalue weighted by Crippen LogP contribution is -2.48. The van der Waals surface area contributed by atoms with Gasteiger partial charge in [0.15, 0.2) is 5.13 Å². The molecule has 1 saturated heterocycles. The van der Waals surface area contributed by atoms with Crippen LogP contribution in [0.2, 0.25) is 0 Å². The number of nitrogens with zero attached hydrogens (tertiary/aromatic N) is 3. The number of anilines is 1. The molecule has 7 nitrogen and oxygen atoms in total. The molecule has 1 amide bonds. The third-order valence-electron chi connectivity index (χ3n) is 4.58. The lowest BCUT2D eigenvalue weighted by molar-refractivity contribution is -0.117. The van der Waals surface area contributed by atoms with Crippen LogP contribution < -0.4 is 5.32 Å². The van der Waals surface area contributed by atoms with Crippen molar-refractivity contribution in [1.82, 2.24) is 14.8 Å². The Morgan fingerprint density at radius 2 is 1.82 bits per heavy atom. The summed E-state index contributed by atoms with van der Waals surface area (Å²) in [6.45, 7) is 8.66. The van der Waals surface area contributed by atoms with Gasteiger partial charge < -0.3 is 10.1 Å². The lowest BCUT2D eigenvalue weighted by Gasteiger charge is -2.34. The summed E-state index contributed by atoms with van der Waals surface area (Å²) >= 11 is 1.16. The molecule has 1 N–H and O–H groups in total. The quantitative estimate of drug-likeness (QED) is 0.717. The summed E-state index contributed by atoms with van der Waals surface area (Å²) in [5.74, 6) is -0.506. The molecular formula is C20H26N4O3S. The molecule has 0 radical (unpaired) electrons. The van der Waals surface area contributed by atoms with Gasteiger partial charge in [0.05, 0.1) is 18.8 Å². The predicted octanol–water partition coefficient (Wildman–Crippen LogP) is 2.38. The van der Waals surface area contributed by atoms with Crippen molar-refractivity contribution < 1.29 is 14.3 Å². The van der Waals surface area contributed by atoms with Crippen molar-refractivity contribution in [2.75, 3.05) is 44.6 Å². The van der Waals surface area contributed by atoms with Crippen molar-refractivity contribution in [2.24, 2.45) is 0 Å². The third kappa shape index (κ3) is 5.60. The van der Waals surface area contributed by atoms with Crippen molar-refractivity contribution in [3.63, 3.8) is 0 Å². The van der Waals surface area contributed by atoms with Gasteiger partial charge in [-0.2, -0.15) is 0 Å². The van der Waals surface area contributed by atoms with Crippen molar-refractivity contribution in [1.29, 1.82) is 0 Å². The number of thiazole rings is 1. The van der Waals surface area contributed by atoms with Gasteiger partial charge in [-0.15, -0.1) is 0 Å². The molecule has 0 bridgehead atoms. The Hall–Kier alpha value is -2.29. The van der Waals surface area contributed by atoms with Crippen LogP contribution in [0, 0.1) is 6.92 Å². The Kier molecular flexibility index (Phi) is 7.13. The summed E-state index contributed by atoms with van der Waals surface area (Å²) in [5.41, 5.74) is 1.89. The number of carbonyl (C=O) groups excluding carboxylic acids is 2. The number of hydrogen-bond donors (Lipinski definition) is 1. The van der Waals surface area contributed by atoms with Gasteiger partial charge in [0, 0.05) is 32.7 Å². The number of rotatable bonds is 7. The van der Waals surface area contributed by atoms with Crippen molar-refractivity contribution in [3.8, 4) is 0 Å². The SMILES string of the molecule is CCOC(=O)c1sc(NC(=O)CN2CCN(Cc3ccccc3)CC2)nc1C. The van der Waals surface area contributed by atoms with E-state index in [2.05, 4.69) is 44.4 Å². The summed E-state index contributed by atoms with van der Waals surface area (Å²) in [4.78, 5) is 33.5. The Bertz CT molecular complexity index is 801. The molecule has 3 rings (SSSR count). The number of aryl methyl sites for hydroxylation is 1. The summed E-state index contributed by atoms with van der Waals surface area (Å²) in [5, 5.41) is 3.24. The van der Waals surface area contributed by atoms with Gasteiger partial charge in [-0.25, -0.2) is 9.78 Å². The van der Waals surface area contributed by atoms with E-state index in [1.165, 1.54) is 5.56 Å². The fourth-order valence-electron chi connectivity index (χ4n) is 3.14. The molecule has 2 heterocycles. The average molecular weight is 403 g/mol. The molecule has 0 saturated carbocycles. The van der Waals surface area contributed by atoms with E-state index in [4.69, 9.17) is 4.74 Å². The summed E-state index contributed by atoms with van der Waals surface area (Å²) in [7, 11) is 0. The highest BCUT2D eigenvalue weighted by molar-refractivity contribution is 7.17. The van der Waals surface area contributed by atoms with E-state index in [1.54, 1.807) is 13.8 Å². The average Bonchev–Trinajstić information content (AvgIpc) is 3.04. The molecular weight excluding hydrogens is 376 g/mol. The topological polar surface area (TPSA) is 74.8 Å². The fraction of sp³-hybridized carbons (Fsp3) is 0.450. The number of hydrogen-bond acceptors (Lipinski definition) is 7. The largest absolute Gasteiger partial charge is 0.462 e. The molecule has 0 atom stereocenters. The maximum atomic E-state index is 12.4. The van der Waals surface area contributed by atoms with Crippen LogP contribution in [0.15, 0.2) is 30.3 Å². The minimum absolute atomic E-state index is 0.110. The fourth-order valence-corrected chi connectivity index (χ4v) is 4.02. The Balaban J connectivity index is 1.45. The second kappa shape index (κ2) is 9.77. The van der Waals surface area contributed by atoms with Crippen LogP contribution >= 0.6 is 11.3 Å². The highest BCUT2D eigenvalue weighted by Crippen LogP contribution is 2.23. The second-order valence-electron chi connectivity index (χ2n) is 6.74. The molecule has 2 aromatic rings.